The van der Waals surface area contributed by atoms with E-state index in [1.54, 1.807) is 18.2 Å². The molecule has 1 saturated heterocycles. The minimum atomic E-state index is -4.76. The molecule has 0 aromatic carbocycles. The summed E-state index contributed by atoms with van der Waals surface area (Å²) in [6, 6.07) is 4.86. The maximum atomic E-state index is 12.9. The van der Waals surface area contributed by atoms with Crippen LogP contribution >= 0.6 is 0 Å². The first-order chi connectivity index (χ1) is 8.37. The van der Waals surface area contributed by atoms with Crippen LogP contribution in [0.1, 0.15) is 6.42 Å². The third-order valence-electron chi connectivity index (χ3n) is 3.19. The zero-order valence-electron chi connectivity index (χ0n) is 9.31. The predicted octanol–water partition coefficient (Wildman–Crippen LogP) is 1.93. The molecule has 1 fully saturated rings. The Labute approximate surface area is 101 Å². The van der Waals surface area contributed by atoms with Crippen LogP contribution in [0.4, 0.5) is 19.0 Å². The molecule has 0 spiro atoms. The van der Waals surface area contributed by atoms with Gasteiger partial charge >= 0.3 is 12.1 Å². The van der Waals surface area contributed by atoms with Crippen LogP contribution in [0, 0.1) is 5.41 Å². The van der Waals surface area contributed by atoms with Crippen molar-refractivity contribution in [3.05, 3.63) is 24.4 Å². The number of nitrogens with zero attached hydrogens (tertiary/aromatic N) is 2. The van der Waals surface area contributed by atoms with E-state index < -0.39 is 30.5 Å². The van der Waals surface area contributed by atoms with Crippen LogP contribution in [-0.2, 0) is 4.79 Å². The van der Waals surface area contributed by atoms with E-state index >= 15 is 0 Å². The zero-order chi connectivity index (χ0) is 13.4. The smallest absolute Gasteiger partial charge is 0.406 e. The maximum Gasteiger partial charge on any atom is 0.406 e. The molecule has 1 atom stereocenters. The molecular weight excluding hydrogens is 249 g/mol. The predicted molar refractivity (Wildman–Crippen MR) is 57.2 cm³/mol. The van der Waals surface area contributed by atoms with Crippen molar-refractivity contribution in [2.75, 3.05) is 18.0 Å². The molecule has 0 unspecified atom stereocenters. The summed E-state index contributed by atoms with van der Waals surface area (Å²) in [7, 11) is 0. The average molecular weight is 260 g/mol. The van der Waals surface area contributed by atoms with Gasteiger partial charge in [0, 0.05) is 19.3 Å². The molecule has 4 nitrogen and oxygen atoms in total. The van der Waals surface area contributed by atoms with E-state index in [1.807, 2.05) is 0 Å². The van der Waals surface area contributed by atoms with Gasteiger partial charge in [-0.15, -0.1) is 0 Å². The number of rotatable bonds is 2. The number of carboxylic acid groups (broad SMARTS) is 1. The number of hydrogen-bond donors (Lipinski definition) is 1. The van der Waals surface area contributed by atoms with Gasteiger partial charge in [-0.1, -0.05) is 6.07 Å². The summed E-state index contributed by atoms with van der Waals surface area (Å²) in [5.74, 6) is -1.46. The Bertz CT molecular complexity index is 449. The van der Waals surface area contributed by atoms with Gasteiger partial charge in [0.2, 0.25) is 0 Å². The molecule has 0 saturated carbocycles. The first-order valence-electron chi connectivity index (χ1n) is 5.33. The van der Waals surface area contributed by atoms with Crippen molar-refractivity contribution in [3.8, 4) is 0 Å². The minimum absolute atomic E-state index is 0.0306. The number of alkyl halides is 3. The Morgan fingerprint density at radius 1 is 1.44 bits per heavy atom. The number of halogens is 3. The van der Waals surface area contributed by atoms with E-state index in [1.165, 1.54) is 11.1 Å². The van der Waals surface area contributed by atoms with Crippen molar-refractivity contribution in [2.45, 2.75) is 12.6 Å². The van der Waals surface area contributed by atoms with Gasteiger partial charge in [-0.05, 0) is 18.6 Å². The molecule has 98 valence electrons. The molecule has 18 heavy (non-hydrogen) atoms. The van der Waals surface area contributed by atoms with Crippen LogP contribution in [0.5, 0.6) is 0 Å². The Balaban J connectivity index is 2.28. The van der Waals surface area contributed by atoms with Gasteiger partial charge in [-0.2, -0.15) is 13.2 Å². The standard InChI is InChI=1S/C11H11F3N2O2/c12-11(13,14)10(9(17)18)4-6-16(7-10)8-3-1-2-5-15-8/h1-3,5H,4,6-7H2,(H,17,18)/t10-/m0/s1. The lowest BCUT2D eigenvalue weighted by Crippen LogP contribution is -2.47. The van der Waals surface area contributed by atoms with E-state index in [0.29, 0.717) is 5.82 Å². The Morgan fingerprint density at radius 3 is 2.61 bits per heavy atom. The van der Waals surface area contributed by atoms with Crippen molar-refractivity contribution in [1.29, 1.82) is 0 Å². The summed E-state index contributed by atoms with van der Waals surface area (Å²) in [6.45, 7) is -0.564. The van der Waals surface area contributed by atoms with Gasteiger partial charge in [-0.25, -0.2) is 4.98 Å². The van der Waals surface area contributed by atoms with Gasteiger partial charge < -0.3 is 10.0 Å². The molecule has 7 heteroatoms. The Morgan fingerprint density at radius 2 is 2.17 bits per heavy atom. The highest BCUT2D eigenvalue weighted by Crippen LogP contribution is 2.46. The summed E-state index contributed by atoms with van der Waals surface area (Å²) in [5, 5.41) is 8.90. The quantitative estimate of drug-likeness (QED) is 0.882. The van der Waals surface area contributed by atoms with Crippen molar-refractivity contribution in [3.63, 3.8) is 0 Å². The third kappa shape index (κ3) is 1.89. The van der Waals surface area contributed by atoms with Crippen molar-refractivity contribution < 1.29 is 23.1 Å². The number of carboxylic acids is 1. The van der Waals surface area contributed by atoms with E-state index in [-0.39, 0.29) is 6.54 Å². The van der Waals surface area contributed by atoms with Gasteiger partial charge in [0.05, 0.1) is 0 Å². The first-order valence-corrected chi connectivity index (χ1v) is 5.33. The molecule has 2 heterocycles. The van der Waals surface area contributed by atoms with E-state index in [2.05, 4.69) is 4.98 Å². The summed E-state index contributed by atoms with van der Waals surface area (Å²) >= 11 is 0. The fraction of sp³-hybridized carbons (Fsp3) is 0.455. The highest BCUT2D eigenvalue weighted by Gasteiger charge is 2.63. The minimum Gasteiger partial charge on any atom is -0.481 e. The summed E-state index contributed by atoms with van der Waals surface area (Å²) < 4.78 is 38.8. The number of aliphatic carboxylic acids is 1. The number of pyridine rings is 1. The van der Waals surface area contributed by atoms with Crippen molar-refractivity contribution in [2.24, 2.45) is 5.41 Å². The van der Waals surface area contributed by atoms with E-state index in [0.717, 1.165) is 0 Å². The van der Waals surface area contributed by atoms with Crippen molar-refractivity contribution >= 4 is 11.8 Å². The number of anilines is 1. The summed E-state index contributed by atoms with van der Waals surface area (Å²) in [4.78, 5) is 16.3. The Hall–Kier alpha value is -1.79. The van der Waals surface area contributed by atoms with Gasteiger partial charge in [0.25, 0.3) is 0 Å². The maximum absolute atomic E-state index is 12.9. The van der Waals surface area contributed by atoms with Crippen LogP contribution < -0.4 is 4.90 Å². The molecule has 1 aliphatic heterocycles. The zero-order valence-corrected chi connectivity index (χ0v) is 9.31. The van der Waals surface area contributed by atoms with E-state index in [4.69, 9.17) is 5.11 Å². The van der Waals surface area contributed by atoms with Gasteiger partial charge in [-0.3, -0.25) is 4.79 Å². The molecule has 1 N–H and O–H groups in total. The molecule has 1 aromatic heterocycles. The highest BCUT2D eigenvalue weighted by molar-refractivity contribution is 5.77. The van der Waals surface area contributed by atoms with Gasteiger partial charge in [0.15, 0.2) is 5.41 Å². The first kappa shape index (κ1) is 12.7. The number of aromatic nitrogens is 1. The van der Waals surface area contributed by atoms with Gasteiger partial charge in [0.1, 0.15) is 5.82 Å². The summed E-state index contributed by atoms with van der Waals surface area (Å²) in [6.07, 6.45) is -3.76. The highest BCUT2D eigenvalue weighted by atomic mass is 19.4. The lowest BCUT2D eigenvalue weighted by atomic mass is 9.86. The van der Waals surface area contributed by atoms with Crippen LogP contribution in [0.15, 0.2) is 24.4 Å². The monoisotopic (exact) mass is 260 g/mol. The van der Waals surface area contributed by atoms with Crippen LogP contribution in [0.3, 0.4) is 0 Å². The third-order valence-corrected chi connectivity index (χ3v) is 3.19. The second kappa shape index (κ2) is 4.15. The molecular formula is C11H11F3N2O2. The fourth-order valence-electron chi connectivity index (χ4n) is 2.07. The molecule has 1 aliphatic rings. The lowest BCUT2D eigenvalue weighted by molar-refractivity contribution is -0.225. The lowest BCUT2D eigenvalue weighted by Gasteiger charge is -2.27. The van der Waals surface area contributed by atoms with Crippen LogP contribution in [-0.4, -0.2) is 35.3 Å². The normalized spacial score (nSPS) is 24.3. The second-order valence-electron chi connectivity index (χ2n) is 4.24. The molecule has 2 rings (SSSR count). The average Bonchev–Trinajstić information content (AvgIpc) is 2.75. The number of carbonyl (C=O) groups is 1. The summed E-state index contributed by atoms with van der Waals surface area (Å²) in [5.41, 5.74) is -2.69. The van der Waals surface area contributed by atoms with E-state index in [9.17, 15) is 18.0 Å². The fourth-order valence-corrected chi connectivity index (χ4v) is 2.07. The molecule has 0 amide bonds. The second-order valence-corrected chi connectivity index (χ2v) is 4.24. The van der Waals surface area contributed by atoms with Crippen LogP contribution in [0.25, 0.3) is 0 Å². The SMILES string of the molecule is O=C(O)[C@]1(C(F)(F)F)CCN(c2ccccn2)C1. The molecule has 0 bridgehead atoms. The van der Waals surface area contributed by atoms with Crippen LogP contribution in [0.2, 0.25) is 0 Å². The topological polar surface area (TPSA) is 53.4 Å². The van der Waals surface area contributed by atoms with Crippen molar-refractivity contribution in [1.82, 2.24) is 4.98 Å². The molecule has 1 aromatic rings. The molecule has 0 radical (unpaired) electrons. The largest absolute Gasteiger partial charge is 0.481 e. The Kier molecular flexibility index (Phi) is 2.92. The molecule has 0 aliphatic carbocycles. The number of hydrogen-bond acceptors (Lipinski definition) is 3.